The number of hydrogen-bond donors (Lipinski definition) is 1. The predicted molar refractivity (Wildman–Crippen MR) is 101 cm³/mol. The normalized spacial score (nSPS) is 10.3. The second-order valence-electron chi connectivity index (χ2n) is 6.48. The summed E-state index contributed by atoms with van der Waals surface area (Å²) in [5, 5.41) is 2.95. The van der Waals surface area contributed by atoms with E-state index in [-0.39, 0.29) is 22.9 Å². The third-order valence-electron chi connectivity index (χ3n) is 4.20. The largest absolute Gasteiger partial charge is 1.00 e. The van der Waals surface area contributed by atoms with E-state index in [0.29, 0.717) is 11.5 Å². The lowest BCUT2D eigenvalue weighted by Gasteiger charge is -2.08. The van der Waals surface area contributed by atoms with Gasteiger partial charge in [-0.15, -0.1) is 0 Å². The van der Waals surface area contributed by atoms with Gasteiger partial charge in [0.15, 0.2) is 18.9 Å². The summed E-state index contributed by atoms with van der Waals surface area (Å²) in [4.78, 5) is 12.4. The summed E-state index contributed by atoms with van der Waals surface area (Å²) in [6.07, 6.45) is 3.95. The second kappa shape index (κ2) is 9.30. The van der Waals surface area contributed by atoms with Crippen LogP contribution in [0.2, 0.25) is 0 Å². The molecule has 1 amide bonds. The fourth-order valence-electron chi connectivity index (χ4n) is 2.66. The number of rotatable bonds is 5. The standard InChI is InChI=1S/C22H22N2O.BrH/c1-17(2)19-8-10-20(11-9-19)22(25)23-21-12-14-24(15-13-21)16-18-6-4-3-5-7-18;/h3-15,17H,16H2,1-2H3;1H. The van der Waals surface area contributed by atoms with E-state index in [1.54, 1.807) is 0 Å². The molecule has 0 unspecified atom stereocenters. The van der Waals surface area contributed by atoms with E-state index < -0.39 is 0 Å². The Hall–Kier alpha value is -2.46. The maximum absolute atomic E-state index is 12.4. The van der Waals surface area contributed by atoms with Crippen molar-refractivity contribution in [3.05, 3.63) is 95.8 Å². The Kier molecular flexibility index (Phi) is 7.10. The number of nitrogens with zero attached hydrogens (tertiary/aromatic N) is 1. The Balaban J connectivity index is 0.00000243. The van der Waals surface area contributed by atoms with Crippen LogP contribution in [0, 0.1) is 0 Å². The summed E-state index contributed by atoms with van der Waals surface area (Å²) in [5.74, 6) is 0.377. The molecule has 1 aromatic heterocycles. The van der Waals surface area contributed by atoms with Crippen molar-refractivity contribution in [3.63, 3.8) is 0 Å². The summed E-state index contributed by atoms with van der Waals surface area (Å²) in [6, 6.07) is 21.9. The van der Waals surface area contributed by atoms with E-state index in [4.69, 9.17) is 0 Å². The molecule has 0 aliphatic carbocycles. The topological polar surface area (TPSA) is 33.0 Å². The number of anilines is 1. The van der Waals surface area contributed by atoms with Gasteiger partial charge >= 0.3 is 0 Å². The van der Waals surface area contributed by atoms with Crippen molar-refractivity contribution in [3.8, 4) is 0 Å². The first-order valence-corrected chi connectivity index (χ1v) is 8.56. The van der Waals surface area contributed by atoms with Crippen molar-refractivity contribution in [2.75, 3.05) is 5.32 Å². The summed E-state index contributed by atoms with van der Waals surface area (Å²) in [7, 11) is 0. The van der Waals surface area contributed by atoms with E-state index in [1.807, 2.05) is 67.0 Å². The van der Waals surface area contributed by atoms with Crippen LogP contribution in [-0.4, -0.2) is 5.91 Å². The van der Waals surface area contributed by atoms with E-state index in [2.05, 4.69) is 35.9 Å². The molecular weight excluding hydrogens is 388 g/mol. The molecule has 0 aliphatic heterocycles. The smallest absolute Gasteiger partial charge is 0.255 e. The minimum atomic E-state index is -0.0869. The van der Waals surface area contributed by atoms with Gasteiger partial charge in [0.25, 0.3) is 5.91 Å². The van der Waals surface area contributed by atoms with Crippen LogP contribution in [0.25, 0.3) is 0 Å². The van der Waals surface area contributed by atoms with Gasteiger partial charge in [-0.05, 0) is 23.6 Å². The second-order valence-corrected chi connectivity index (χ2v) is 6.48. The zero-order chi connectivity index (χ0) is 17.6. The Morgan fingerprint density at radius 3 is 2.12 bits per heavy atom. The molecular formula is C22H23BrN2O. The fourth-order valence-corrected chi connectivity index (χ4v) is 2.66. The van der Waals surface area contributed by atoms with Crippen LogP contribution in [0.4, 0.5) is 5.69 Å². The van der Waals surface area contributed by atoms with Crippen molar-refractivity contribution in [2.24, 2.45) is 0 Å². The molecule has 3 aromatic rings. The Bertz CT molecular complexity index is 828. The lowest BCUT2D eigenvalue weighted by molar-refractivity contribution is -0.688. The number of pyridine rings is 1. The van der Waals surface area contributed by atoms with E-state index >= 15 is 0 Å². The first kappa shape index (κ1) is 19.9. The van der Waals surface area contributed by atoms with Crippen molar-refractivity contribution < 1.29 is 26.3 Å². The van der Waals surface area contributed by atoms with Gasteiger partial charge in [0.05, 0.1) is 5.69 Å². The lowest BCUT2D eigenvalue weighted by atomic mass is 10.0. The number of hydrogen-bond acceptors (Lipinski definition) is 1. The maximum atomic E-state index is 12.4. The van der Waals surface area contributed by atoms with Gasteiger partial charge < -0.3 is 22.3 Å². The van der Waals surface area contributed by atoms with Gasteiger partial charge in [-0.3, -0.25) is 4.79 Å². The molecule has 3 rings (SSSR count). The summed E-state index contributed by atoms with van der Waals surface area (Å²) >= 11 is 0. The Morgan fingerprint density at radius 2 is 1.54 bits per heavy atom. The third-order valence-corrected chi connectivity index (χ3v) is 4.20. The molecule has 0 aliphatic rings. The van der Waals surface area contributed by atoms with Crippen molar-refractivity contribution in [1.82, 2.24) is 0 Å². The van der Waals surface area contributed by atoms with Gasteiger partial charge in [0.1, 0.15) is 0 Å². The number of amides is 1. The molecule has 0 fully saturated rings. The molecule has 4 heteroatoms. The Morgan fingerprint density at radius 1 is 0.923 bits per heavy atom. The molecule has 134 valence electrons. The average Bonchev–Trinajstić information content (AvgIpc) is 2.64. The number of carbonyl (C=O) groups excluding carboxylic acids is 1. The monoisotopic (exact) mass is 410 g/mol. The number of carbonyl (C=O) groups is 1. The minimum Gasteiger partial charge on any atom is -1.00 e. The van der Waals surface area contributed by atoms with Gasteiger partial charge in [-0.2, -0.15) is 0 Å². The zero-order valence-electron chi connectivity index (χ0n) is 15.0. The molecule has 1 N–H and O–H groups in total. The SMILES string of the molecule is CC(C)c1ccc(C(=O)Nc2cc[n+](Cc3ccccc3)cc2)cc1.[Br-]. The highest BCUT2D eigenvalue weighted by atomic mass is 79.9. The van der Waals surface area contributed by atoms with Crippen LogP contribution >= 0.6 is 0 Å². The molecule has 1 heterocycles. The Labute approximate surface area is 165 Å². The number of nitrogens with one attached hydrogen (secondary N) is 1. The summed E-state index contributed by atoms with van der Waals surface area (Å²) < 4.78 is 2.09. The van der Waals surface area contributed by atoms with Crippen LogP contribution in [0.1, 0.15) is 41.3 Å². The van der Waals surface area contributed by atoms with Gasteiger partial charge in [-0.25, -0.2) is 4.57 Å². The number of benzene rings is 2. The molecule has 26 heavy (non-hydrogen) atoms. The molecule has 0 bridgehead atoms. The molecule has 0 radical (unpaired) electrons. The van der Waals surface area contributed by atoms with Crippen LogP contribution < -0.4 is 26.9 Å². The molecule has 0 saturated heterocycles. The summed E-state index contributed by atoms with van der Waals surface area (Å²) in [5.41, 5.74) is 3.94. The molecule has 3 nitrogen and oxygen atoms in total. The first-order valence-electron chi connectivity index (χ1n) is 8.56. The van der Waals surface area contributed by atoms with E-state index in [0.717, 1.165) is 12.2 Å². The van der Waals surface area contributed by atoms with Gasteiger partial charge in [0, 0.05) is 23.3 Å². The van der Waals surface area contributed by atoms with Crippen molar-refractivity contribution >= 4 is 11.6 Å². The van der Waals surface area contributed by atoms with E-state index in [1.165, 1.54) is 11.1 Å². The van der Waals surface area contributed by atoms with Gasteiger partial charge in [-0.1, -0.05) is 56.3 Å². The predicted octanol–water partition coefficient (Wildman–Crippen LogP) is 1.40. The van der Waals surface area contributed by atoms with Crippen molar-refractivity contribution in [2.45, 2.75) is 26.3 Å². The molecule has 0 atom stereocenters. The highest BCUT2D eigenvalue weighted by Crippen LogP contribution is 2.15. The van der Waals surface area contributed by atoms with Crippen LogP contribution in [0.15, 0.2) is 79.1 Å². The van der Waals surface area contributed by atoms with Crippen LogP contribution in [0.3, 0.4) is 0 Å². The molecule has 0 spiro atoms. The van der Waals surface area contributed by atoms with Crippen molar-refractivity contribution in [1.29, 1.82) is 0 Å². The quantitative estimate of drug-likeness (QED) is 0.633. The van der Waals surface area contributed by atoms with Gasteiger partial charge in [0.2, 0.25) is 0 Å². The highest BCUT2D eigenvalue weighted by Gasteiger charge is 2.08. The third kappa shape index (κ3) is 5.27. The first-order chi connectivity index (χ1) is 12.1. The van der Waals surface area contributed by atoms with Crippen LogP contribution in [0.5, 0.6) is 0 Å². The lowest BCUT2D eigenvalue weighted by Crippen LogP contribution is -3.00. The highest BCUT2D eigenvalue weighted by molar-refractivity contribution is 6.04. The zero-order valence-corrected chi connectivity index (χ0v) is 16.6. The molecule has 0 saturated carbocycles. The maximum Gasteiger partial charge on any atom is 0.255 e. The van der Waals surface area contributed by atoms with E-state index in [9.17, 15) is 4.79 Å². The minimum absolute atomic E-state index is 0. The molecule has 2 aromatic carbocycles. The number of halogens is 1. The summed E-state index contributed by atoms with van der Waals surface area (Å²) in [6.45, 7) is 5.10. The van der Waals surface area contributed by atoms with Crippen LogP contribution in [-0.2, 0) is 6.54 Å². The fraction of sp³-hybridized carbons (Fsp3) is 0.182. The average molecular weight is 411 g/mol. The number of aromatic nitrogens is 1.